The summed E-state index contributed by atoms with van der Waals surface area (Å²) >= 11 is 1.03. The van der Waals surface area contributed by atoms with Crippen LogP contribution in [0.1, 0.15) is 27.0 Å². The minimum absolute atomic E-state index is 0.215. The number of nitrogens with one attached hydrogen (secondary N) is 1. The lowest BCUT2D eigenvalue weighted by atomic mass is 10.1. The number of aromatic nitrogens is 2. The first kappa shape index (κ1) is 18.5. The Balaban J connectivity index is 1.94. The van der Waals surface area contributed by atoms with Crippen molar-refractivity contribution in [2.24, 2.45) is 7.05 Å². The molecule has 3 rings (SSSR count). The molecule has 0 unspecified atom stereocenters. The van der Waals surface area contributed by atoms with E-state index in [1.54, 1.807) is 14.0 Å². The van der Waals surface area contributed by atoms with E-state index in [1.807, 2.05) is 30.3 Å². The Labute approximate surface area is 159 Å². The maximum atomic E-state index is 12.4. The Hall–Kier alpha value is -3.26. The monoisotopic (exact) mass is 383 g/mol. The topological polar surface area (TPSA) is 90.3 Å². The molecule has 0 aliphatic carbocycles. The second-order valence-electron chi connectivity index (χ2n) is 5.60. The number of amides is 1. The van der Waals surface area contributed by atoms with E-state index in [0.29, 0.717) is 10.6 Å². The van der Waals surface area contributed by atoms with Gasteiger partial charge in [-0.3, -0.25) is 14.9 Å². The van der Waals surface area contributed by atoms with E-state index in [4.69, 9.17) is 4.74 Å². The highest BCUT2D eigenvalue weighted by atomic mass is 32.1. The molecule has 2 aromatic heterocycles. The number of hydrogen-bond acceptors (Lipinski definition) is 6. The summed E-state index contributed by atoms with van der Waals surface area (Å²) in [6.07, 6.45) is 1.51. The van der Waals surface area contributed by atoms with Gasteiger partial charge in [-0.1, -0.05) is 41.7 Å². The van der Waals surface area contributed by atoms with Crippen molar-refractivity contribution in [1.29, 1.82) is 0 Å². The molecule has 0 fully saturated rings. The van der Waals surface area contributed by atoms with E-state index in [2.05, 4.69) is 10.3 Å². The zero-order valence-corrected chi connectivity index (χ0v) is 15.6. The fraction of sp³-hybridized carbons (Fsp3) is 0.158. The first-order valence-electron chi connectivity index (χ1n) is 8.21. The lowest BCUT2D eigenvalue weighted by Crippen LogP contribution is -2.19. The molecule has 0 aliphatic rings. The third-order valence-electron chi connectivity index (χ3n) is 3.72. The molecule has 0 bridgehead atoms. The van der Waals surface area contributed by atoms with Gasteiger partial charge in [-0.25, -0.2) is 9.78 Å². The molecule has 7 nitrogen and oxygen atoms in total. The SMILES string of the molecule is CCOC(=O)c1sc(NC(=O)c2ccn(C)c(=O)c2)nc1-c1ccccc1. The predicted octanol–water partition coefficient (Wildman–Crippen LogP) is 2.94. The fourth-order valence-corrected chi connectivity index (χ4v) is 3.24. The number of benzene rings is 1. The summed E-state index contributed by atoms with van der Waals surface area (Å²) < 4.78 is 6.46. The molecule has 0 saturated carbocycles. The number of nitrogens with zero attached hydrogens (tertiary/aromatic N) is 2. The first-order valence-corrected chi connectivity index (χ1v) is 9.02. The Bertz CT molecular complexity index is 1040. The van der Waals surface area contributed by atoms with E-state index in [-0.39, 0.29) is 22.9 Å². The second-order valence-corrected chi connectivity index (χ2v) is 6.60. The van der Waals surface area contributed by atoms with Crippen LogP contribution in [0.15, 0.2) is 53.5 Å². The summed E-state index contributed by atoms with van der Waals surface area (Å²) in [6, 6.07) is 12.0. The standard InChI is InChI=1S/C19H17N3O4S/c1-3-26-18(25)16-15(12-7-5-4-6-8-12)20-19(27-16)21-17(24)13-9-10-22(2)14(23)11-13/h4-11H,3H2,1-2H3,(H,20,21,24). The molecular weight excluding hydrogens is 366 g/mol. The highest BCUT2D eigenvalue weighted by Gasteiger charge is 2.21. The van der Waals surface area contributed by atoms with E-state index >= 15 is 0 Å². The van der Waals surface area contributed by atoms with Crippen molar-refractivity contribution < 1.29 is 14.3 Å². The van der Waals surface area contributed by atoms with Crippen molar-refractivity contribution in [2.45, 2.75) is 6.92 Å². The van der Waals surface area contributed by atoms with Gasteiger partial charge in [-0.15, -0.1) is 0 Å². The number of rotatable bonds is 5. The van der Waals surface area contributed by atoms with Crippen molar-refractivity contribution in [1.82, 2.24) is 9.55 Å². The quantitative estimate of drug-likeness (QED) is 0.684. The largest absolute Gasteiger partial charge is 0.462 e. The number of hydrogen-bond donors (Lipinski definition) is 1. The van der Waals surface area contributed by atoms with Gasteiger partial charge < -0.3 is 9.30 Å². The molecule has 1 amide bonds. The molecule has 27 heavy (non-hydrogen) atoms. The molecule has 0 radical (unpaired) electrons. The van der Waals surface area contributed by atoms with Gasteiger partial charge in [0.25, 0.3) is 11.5 Å². The van der Waals surface area contributed by atoms with Crippen LogP contribution < -0.4 is 10.9 Å². The Morgan fingerprint density at radius 3 is 2.63 bits per heavy atom. The summed E-state index contributed by atoms with van der Waals surface area (Å²) in [4.78, 5) is 41.1. The normalized spacial score (nSPS) is 10.4. The van der Waals surface area contributed by atoms with Gasteiger partial charge in [0.2, 0.25) is 0 Å². The molecule has 3 aromatic rings. The third kappa shape index (κ3) is 4.12. The molecule has 0 aliphatic heterocycles. The molecule has 0 atom stereocenters. The molecule has 1 aromatic carbocycles. The van der Waals surface area contributed by atoms with Crippen LogP contribution >= 0.6 is 11.3 Å². The van der Waals surface area contributed by atoms with E-state index in [1.165, 1.54) is 22.9 Å². The number of thiazole rings is 1. The summed E-state index contributed by atoms with van der Waals surface area (Å²) in [5.41, 5.74) is 1.11. The van der Waals surface area contributed by atoms with Crippen molar-refractivity contribution in [3.63, 3.8) is 0 Å². The number of anilines is 1. The average Bonchev–Trinajstić information content (AvgIpc) is 3.09. The predicted molar refractivity (Wildman–Crippen MR) is 103 cm³/mol. The van der Waals surface area contributed by atoms with E-state index < -0.39 is 11.9 Å². The molecule has 138 valence electrons. The number of pyridine rings is 1. The smallest absolute Gasteiger partial charge is 0.350 e. The van der Waals surface area contributed by atoms with Crippen molar-refractivity contribution >= 4 is 28.3 Å². The van der Waals surface area contributed by atoms with Gasteiger partial charge >= 0.3 is 5.97 Å². The van der Waals surface area contributed by atoms with Crippen LogP contribution in [0.3, 0.4) is 0 Å². The molecular formula is C19H17N3O4S. The van der Waals surface area contributed by atoms with Crippen LogP contribution in [0.25, 0.3) is 11.3 Å². The van der Waals surface area contributed by atoms with Gasteiger partial charge in [0.15, 0.2) is 5.13 Å². The van der Waals surface area contributed by atoms with Crippen molar-refractivity contribution in [3.05, 3.63) is 69.5 Å². The summed E-state index contributed by atoms with van der Waals surface area (Å²) in [6.45, 7) is 1.96. The lowest BCUT2D eigenvalue weighted by molar-refractivity contribution is 0.0532. The van der Waals surface area contributed by atoms with Crippen LogP contribution in [0.2, 0.25) is 0 Å². The second kappa shape index (κ2) is 7.96. The van der Waals surface area contributed by atoms with Crippen LogP contribution in [0, 0.1) is 0 Å². The molecule has 1 N–H and O–H groups in total. The number of ether oxygens (including phenoxy) is 1. The molecule has 0 spiro atoms. The number of esters is 1. The number of carbonyl (C=O) groups is 2. The highest BCUT2D eigenvalue weighted by molar-refractivity contribution is 7.18. The summed E-state index contributed by atoms with van der Waals surface area (Å²) in [5, 5.41) is 2.90. The van der Waals surface area contributed by atoms with Gasteiger partial charge in [-0.2, -0.15) is 0 Å². The Kier molecular flexibility index (Phi) is 5.46. The van der Waals surface area contributed by atoms with Crippen LogP contribution in [-0.4, -0.2) is 28.0 Å². The number of aryl methyl sites for hydroxylation is 1. The van der Waals surface area contributed by atoms with Crippen LogP contribution in [0.5, 0.6) is 0 Å². The first-order chi connectivity index (χ1) is 13.0. The summed E-state index contributed by atoms with van der Waals surface area (Å²) in [5.74, 6) is -0.973. The maximum Gasteiger partial charge on any atom is 0.350 e. The van der Waals surface area contributed by atoms with Gasteiger partial charge in [-0.05, 0) is 13.0 Å². The fourth-order valence-electron chi connectivity index (χ4n) is 2.36. The average molecular weight is 383 g/mol. The Morgan fingerprint density at radius 1 is 1.22 bits per heavy atom. The Morgan fingerprint density at radius 2 is 1.96 bits per heavy atom. The summed E-state index contributed by atoms with van der Waals surface area (Å²) in [7, 11) is 1.60. The molecule has 0 saturated heterocycles. The molecule has 8 heteroatoms. The van der Waals surface area contributed by atoms with Gasteiger partial charge in [0.1, 0.15) is 4.88 Å². The van der Waals surface area contributed by atoms with Gasteiger partial charge in [0.05, 0.1) is 12.3 Å². The highest BCUT2D eigenvalue weighted by Crippen LogP contribution is 2.32. The minimum Gasteiger partial charge on any atom is -0.462 e. The lowest BCUT2D eigenvalue weighted by Gasteiger charge is -2.02. The van der Waals surface area contributed by atoms with E-state index in [9.17, 15) is 14.4 Å². The zero-order valence-electron chi connectivity index (χ0n) is 14.8. The van der Waals surface area contributed by atoms with Gasteiger partial charge in [0, 0.05) is 30.4 Å². The maximum absolute atomic E-state index is 12.4. The van der Waals surface area contributed by atoms with Crippen LogP contribution in [-0.2, 0) is 11.8 Å². The number of carbonyl (C=O) groups excluding carboxylic acids is 2. The zero-order chi connectivity index (χ0) is 19.4. The van der Waals surface area contributed by atoms with E-state index in [0.717, 1.165) is 16.9 Å². The third-order valence-corrected chi connectivity index (χ3v) is 4.67. The van der Waals surface area contributed by atoms with Crippen molar-refractivity contribution in [2.75, 3.05) is 11.9 Å². The minimum atomic E-state index is -0.497. The van der Waals surface area contributed by atoms with Crippen LogP contribution in [0.4, 0.5) is 5.13 Å². The molecule has 2 heterocycles. The van der Waals surface area contributed by atoms with Crippen molar-refractivity contribution in [3.8, 4) is 11.3 Å².